The lowest BCUT2D eigenvalue weighted by molar-refractivity contribution is -0.138. The van der Waals surface area contributed by atoms with Gasteiger partial charge in [0.2, 0.25) is 0 Å². The van der Waals surface area contributed by atoms with Crippen molar-refractivity contribution in [2.75, 3.05) is 6.61 Å². The van der Waals surface area contributed by atoms with Crippen LogP contribution in [-0.2, 0) is 19.8 Å². The van der Waals surface area contributed by atoms with Crippen LogP contribution in [0.5, 0.6) is 5.75 Å². The zero-order valence-corrected chi connectivity index (χ0v) is 14.6. The highest BCUT2D eigenvalue weighted by Crippen LogP contribution is 2.36. The van der Waals surface area contributed by atoms with E-state index in [1.54, 1.807) is 0 Å². The summed E-state index contributed by atoms with van der Waals surface area (Å²) in [5.74, 6) is 0.751. The molecule has 1 aromatic carbocycles. The van der Waals surface area contributed by atoms with Gasteiger partial charge < -0.3 is 15.4 Å². The maximum atomic E-state index is 13.0. The number of carbonyl (C=O) groups is 1. The number of benzene rings is 1. The fourth-order valence-electron chi connectivity index (χ4n) is 2.94. The third-order valence-corrected chi connectivity index (χ3v) is 4.57. The van der Waals surface area contributed by atoms with Crippen LogP contribution in [0.2, 0.25) is 0 Å². The third kappa shape index (κ3) is 3.33. The quantitative estimate of drug-likeness (QED) is 0.875. The lowest BCUT2D eigenvalue weighted by atomic mass is 10.0. The Morgan fingerprint density at radius 1 is 1.38 bits per heavy atom. The van der Waals surface area contributed by atoms with E-state index in [0.717, 1.165) is 33.3 Å². The first-order valence-electron chi connectivity index (χ1n) is 8.03. The number of fused-ring (bicyclic) bond motifs is 1. The maximum absolute atomic E-state index is 13.0. The topological polar surface area (TPSA) is 68.2 Å². The summed E-state index contributed by atoms with van der Waals surface area (Å²) >= 11 is 0. The maximum Gasteiger partial charge on any atom is 0.419 e. The number of alkyl halides is 3. The lowest BCUT2D eigenvalue weighted by Gasteiger charge is -2.14. The normalized spacial score (nSPS) is 16.2. The summed E-state index contributed by atoms with van der Waals surface area (Å²) in [6.07, 6.45) is -3.77. The number of aryl methyl sites for hydroxylation is 2. The van der Waals surface area contributed by atoms with Crippen molar-refractivity contribution in [3.8, 4) is 5.75 Å². The van der Waals surface area contributed by atoms with Gasteiger partial charge in [-0.25, -0.2) is 4.79 Å². The van der Waals surface area contributed by atoms with Crippen LogP contribution in [-0.4, -0.2) is 22.4 Å². The third-order valence-electron chi connectivity index (χ3n) is 4.57. The Morgan fingerprint density at radius 3 is 2.81 bits per heavy atom. The van der Waals surface area contributed by atoms with Crippen molar-refractivity contribution < 1.29 is 22.7 Å². The highest BCUT2D eigenvalue weighted by atomic mass is 19.4. The molecule has 1 atom stereocenters. The van der Waals surface area contributed by atoms with Crippen molar-refractivity contribution in [2.24, 2.45) is 7.05 Å². The van der Waals surface area contributed by atoms with Gasteiger partial charge in [0.1, 0.15) is 12.4 Å². The Balaban J connectivity index is 1.66. The standard InChI is InChI=1S/C17H19F3N4O2/c1-9-4-5-11-13(8-26-15(11)10(9)2)23-16(25)21-7-14-12(17(18,19)20)6-22-24(14)3/h4-6,13H,7-8H2,1-3H3,(H2,21,23,25). The monoisotopic (exact) mass is 368 g/mol. The number of aromatic nitrogens is 2. The molecule has 1 aliphatic rings. The number of carbonyl (C=O) groups excluding carboxylic acids is 1. The molecule has 1 aliphatic heterocycles. The van der Waals surface area contributed by atoms with E-state index in [0.29, 0.717) is 0 Å². The second kappa shape index (κ2) is 6.54. The van der Waals surface area contributed by atoms with E-state index in [9.17, 15) is 18.0 Å². The first-order valence-corrected chi connectivity index (χ1v) is 8.03. The molecule has 3 rings (SSSR count). The molecule has 0 radical (unpaired) electrons. The number of hydrogen-bond acceptors (Lipinski definition) is 3. The van der Waals surface area contributed by atoms with Crippen molar-refractivity contribution in [3.05, 3.63) is 46.3 Å². The van der Waals surface area contributed by atoms with E-state index in [1.165, 1.54) is 7.05 Å². The fraction of sp³-hybridized carbons (Fsp3) is 0.412. The Bertz CT molecular complexity index is 845. The van der Waals surface area contributed by atoms with Crippen LogP contribution in [0.15, 0.2) is 18.3 Å². The SMILES string of the molecule is Cc1ccc2c(c1C)OCC2NC(=O)NCc1c(C(F)(F)F)cnn1C. The molecular formula is C17H19F3N4O2. The zero-order valence-electron chi connectivity index (χ0n) is 14.6. The number of hydrogen-bond donors (Lipinski definition) is 2. The van der Waals surface area contributed by atoms with Gasteiger partial charge in [-0.2, -0.15) is 18.3 Å². The number of nitrogens with one attached hydrogen (secondary N) is 2. The van der Waals surface area contributed by atoms with Crippen LogP contribution < -0.4 is 15.4 Å². The molecule has 0 bridgehead atoms. The molecule has 6 nitrogen and oxygen atoms in total. The van der Waals surface area contributed by atoms with Crippen molar-refractivity contribution in [3.63, 3.8) is 0 Å². The van der Waals surface area contributed by atoms with E-state index >= 15 is 0 Å². The van der Waals surface area contributed by atoms with Gasteiger partial charge in [-0.1, -0.05) is 12.1 Å². The molecule has 0 spiro atoms. The lowest BCUT2D eigenvalue weighted by Crippen LogP contribution is -2.38. The Morgan fingerprint density at radius 2 is 2.12 bits per heavy atom. The number of ether oxygens (including phenoxy) is 1. The van der Waals surface area contributed by atoms with Crippen molar-refractivity contribution >= 4 is 6.03 Å². The summed E-state index contributed by atoms with van der Waals surface area (Å²) in [4.78, 5) is 12.1. The number of rotatable bonds is 3. The van der Waals surface area contributed by atoms with E-state index < -0.39 is 17.8 Å². The molecule has 2 N–H and O–H groups in total. The minimum Gasteiger partial charge on any atom is -0.490 e. The van der Waals surface area contributed by atoms with Gasteiger partial charge in [-0.05, 0) is 25.0 Å². The zero-order chi connectivity index (χ0) is 19.1. The van der Waals surface area contributed by atoms with Crippen LogP contribution in [0.1, 0.15) is 34.0 Å². The summed E-state index contributed by atoms with van der Waals surface area (Å²) in [5, 5.41) is 8.81. The summed E-state index contributed by atoms with van der Waals surface area (Å²) in [6, 6.07) is 2.91. The Kier molecular flexibility index (Phi) is 4.55. The molecule has 26 heavy (non-hydrogen) atoms. The van der Waals surface area contributed by atoms with E-state index in [1.807, 2.05) is 26.0 Å². The minimum absolute atomic E-state index is 0.109. The molecule has 9 heteroatoms. The smallest absolute Gasteiger partial charge is 0.419 e. The number of halogens is 3. The average molecular weight is 368 g/mol. The largest absolute Gasteiger partial charge is 0.490 e. The summed E-state index contributed by atoms with van der Waals surface area (Å²) in [6.45, 7) is 3.91. The van der Waals surface area contributed by atoms with Crippen LogP contribution in [0.4, 0.5) is 18.0 Å². The highest BCUT2D eigenvalue weighted by molar-refractivity contribution is 5.75. The molecular weight excluding hydrogens is 349 g/mol. The second-order valence-electron chi connectivity index (χ2n) is 6.24. The first kappa shape index (κ1) is 18.1. The molecule has 0 saturated heterocycles. The first-order chi connectivity index (χ1) is 12.2. The van der Waals surface area contributed by atoms with Crippen LogP contribution >= 0.6 is 0 Å². The number of urea groups is 1. The second-order valence-corrected chi connectivity index (χ2v) is 6.24. The predicted molar refractivity (Wildman–Crippen MR) is 87.7 cm³/mol. The molecule has 0 aliphatic carbocycles. The molecule has 2 heterocycles. The predicted octanol–water partition coefficient (Wildman–Crippen LogP) is 2.99. The van der Waals surface area contributed by atoms with Gasteiger partial charge in [-0.3, -0.25) is 4.68 Å². The average Bonchev–Trinajstić information content (AvgIpc) is 3.13. The number of nitrogens with zero attached hydrogens (tertiary/aromatic N) is 2. The molecule has 140 valence electrons. The molecule has 0 saturated carbocycles. The van der Waals surface area contributed by atoms with Crippen molar-refractivity contribution in [1.82, 2.24) is 20.4 Å². The van der Waals surface area contributed by atoms with Gasteiger partial charge in [0.25, 0.3) is 0 Å². The molecule has 2 amide bonds. The van der Waals surface area contributed by atoms with Crippen molar-refractivity contribution in [1.29, 1.82) is 0 Å². The van der Waals surface area contributed by atoms with Gasteiger partial charge in [0, 0.05) is 12.6 Å². The molecule has 2 aromatic rings. The van der Waals surface area contributed by atoms with Gasteiger partial charge in [-0.15, -0.1) is 0 Å². The molecule has 1 unspecified atom stereocenters. The van der Waals surface area contributed by atoms with Crippen LogP contribution in [0.3, 0.4) is 0 Å². The summed E-state index contributed by atoms with van der Waals surface area (Å²) in [5.41, 5.74) is 1.99. The van der Waals surface area contributed by atoms with Crippen molar-refractivity contribution in [2.45, 2.75) is 32.6 Å². The van der Waals surface area contributed by atoms with Crippen LogP contribution in [0, 0.1) is 13.8 Å². The van der Waals surface area contributed by atoms with E-state index in [2.05, 4.69) is 15.7 Å². The molecule has 1 aromatic heterocycles. The van der Waals surface area contributed by atoms with Gasteiger partial charge in [0.15, 0.2) is 0 Å². The van der Waals surface area contributed by atoms with E-state index in [-0.39, 0.29) is 24.9 Å². The Labute approximate surface area is 148 Å². The summed E-state index contributed by atoms with van der Waals surface area (Å²) < 4.78 is 45.6. The number of amides is 2. The minimum atomic E-state index is -4.52. The van der Waals surface area contributed by atoms with Gasteiger partial charge in [0.05, 0.1) is 30.0 Å². The summed E-state index contributed by atoms with van der Waals surface area (Å²) in [7, 11) is 1.40. The van der Waals surface area contributed by atoms with Crippen LogP contribution in [0.25, 0.3) is 0 Å². The Hall–Kier alpha value is -2.71. The highest BCUT2D eigenvalue weighted by Gasteiger charge is 2.36. The van der Waals surface area contributed by atoms with E-state index in [4.69, 9.17) is 4.74 Å². The fourth-order valence-corrected chi connectivity index (χ4v) is 2.94. The molecule has 0 fully saturated rings. The van der Waals surface area contributed by atoms with Gasteiger partial charge >= 0.3 is 12.2 Å².